The van der Waals surface area contributed by atoms with E-state index in [-0.39, 0.29) is 35.1 Å². The lowest BCUT2D eigenvalue weighted by Gasteiger charge is -2.32. The number of carbonyl (C=O) groups is 5. The third-order valence-corrected chi connectivity index (χ3v) is 14.9. The van der Waals surface area contributed by atoms with Crippen LogP contribution in [-0.4, -0.2) is 128 Å². The summed E-state index contributed by atoms with van der Waals surface area (Å²) in [5.41, 5.74) is 10.2. The summed E-state index contributed by atoms with van der Waals surface area (Å²) in [6, 6.07) is 15.9. The molecular weight excluding hydrogens is 1190 g/mol. The Bertz CT molecular complexity index is 3640. The second-order valence-corrected chi connectivity index (χ2v) is 22.0. The number of nitrogen functional groups attached to an aromatic ring is 1. The summed E-state index contributed by atoms with van der Waals surface area (Å²) in [4.78, 5) is 71.5. The van der Waals surface area contributed by atoms with Gasteiger partial charge < -0.3 is 74.1 Å². The van der Waals surface area contributed by atoms with Crippen molar-refractivity contribution >= 4 is 134 Å². The van der Waals surface area contributed by atoms with Crippen LogP contribution in [0, 0.1) is 0 Å². The minimum atomic E-state index is -0.584. The molecule has 3 aromatic carbocycles. The zero-order valence-electron chi connectivity index (χ0n) is 49.4. The number of hydrogen-bond acceptors (Lipinski definition) is 20. The van der Waals surface area contributed by atoms with Crippen LogP contribution in [0.3, 0.4) is 0 Å². The summed E-state index contributed by atoms with van der Waals surface area (Å²) >= 11 is 18.7. The predicted octanol–water partition coefficient (Wildman–Crippen LogP) is 9.19. The van der Waals surface area contributed by atoms with Crippen molar-refractivity contribution in [2.75, 3.05) is 45.2 Å². The number of aromatic nitrogens is 7. The monoisotopic (exact) mass is 1260 g/mol. The van der Waals surface area contributed by atoms with Gasteiger partial charge in [-0.15, -0.1) is 0 Å². The number of nitrogens with zero attached hydrogens (tertiary/aromatic N) is 8. The maximum Gasteiger partial charge on any atom is 0.494 e. The Morgan fingerprint density at radius 2 is 1.11 bits per heavy atom. The molecule has 8 aromatic rings. The van der Waals surface area contributed by atoms with Gasteiger partial charge in [0, 0.05) is 36.6 Å². The molecular formula is C56H65B4Cl3N14O11. The average molecular weight is 1260 g/mol. The third-order valence-electron chi connectivity index (χ3n) is 13.9. The number of halogens is 3. The first-order valence-electron chi connectivity index (χ1n) is 28.0. The van der Waals surface area contributed by atoms with Crippen molar-refractivity contribution in [1.82, 2.24) is 39.3 Å². The van der Waals surface area contributed by atoms with Crippen molar-refractivity contribution in [3.05, 3.63) is 130 Å². The molecule has 1 aliphatic rings. The fourth-order valence-electron chi connectivity index (χ4n) is 8.43. The van der Waals surface area contributed by atoms with Gasteiger partial charge >= 0.3 is 29.0 Å². The van der Waals surface area contributed by atoms with Gasteiger partial charge in [0.2, 0.25) is 0 Å². The van der Waals surface area contributed by atoms with E-state index < -0.39 is 43.1 Å². The van der Waals surface area contributed by atoms with E-state index in [2.05, 4.69) is 58.5 Å². The van der Waals surface area contributed by atoms with Gasteiger partial charge in [-0.25, -0.2) is 0 Å². The molecule has 6 heterocycles. The minimum absolute atomic E-state index is 0.0225. The predicted molar refractivity (Wildman–Crippen MR) is 342 cm³/mol. The molecule has 458 valence electrons. The molecule has 1 fully saturated rings. The van der Waals surface area contributed by atoms with Crippen LogP contribution in [-0.2, 0) is 32.0 Å². The van der Waals surface area contributed by atoms with Crippen molar-refractivity contribution in [2.24, 2.45) is 0 Å². The zero-order valence-corrected chi connectivity index (χ0v) is 51.7. The second-order valence-electron chi connectivity index (χ2n) is 20.8. The molecule has 0 atom stereocenters. The fraction of sp³-hybridized carbons (Fsp3) is 0.321. The molecule has 0 aliphatic carbocycles. The Morgan fingerprint density at radius 1 is 0.659 bits per heavy atom. The van der Waals surface area contributed by atoms with Gasteiger partial charge in [0.1, 0.15) is 31.2 Å². The molecule has 32 heteroatoms. The van der Waals surface area contributed by atoms with E-state index in [9.17, 15) is 29.0 Å². The lowest BCUT2D eigenvalue weighted by molar-refractivity contribution is 0.00578. The van der Waals surface area contributed by atoms with Crippen LogP contribution in [0.5, 0.6) is 0 Å². The van der Waals surface area contributed by atoms with Crippen LogP contribution in [0.25, 0.3) is 22.3 Å². The van der Waals surface area contributed by atoms with Crippen molar-refractivity contribution in [3.63, 3.8) is 0 Å². The maximum absolute atomic E-state index is 12.5. The molecule has 0 bridgehead atoms. The van der Waals surface area contributed by atoms with Crippen LogP contribution >= 0.6 is 34.8 Å². The van der Waals surface area contributed by atoms with Crippen molar-refractivity contribution in [2.45, 2.75) is 105 Å². The number of amides is 3. The fourth-order valence-corrected chi connectivity index (χ4v) is 8.93. The molecule has 0 unspecified atom stereocenters. The molecule has 1 saturated heterocycles. The normalized spacial score (nSPS) is 12.9. The zero-order chi connectivity index (χ0) is 63.5. The Morgan fingerprint density at radius 3 is 1.56 bits per heavy atom. The molecule has 2 radical (unpaired) electrons. The molecule has 8 N–H and O–H groups in total. The lowest BCUT2D eigenvalue weighted by Crippen LogP contribution is -2.41. The molecule has 1 aliphatic heterocycles. The highest BCUT2D eigenvalue weighted by atomic mass is 35.5. The van der Waals surface area contributed by atoms with Crippen LogP contribution in [0.1, 0.15) is 105 Å². The third kappa shape index (κ3) is 18.7. The van der Waals surface area contributed by atoms with Gasteiger partial charge in [0.25, 0.3) is 35.8 Å². The summed E-state index contributed by atoms with van der Waals surface area (Å²) in [7, 11) is 1.14. The van der Waals surface area contributed by atoms with Crippen molar-refractivity contribution in [1.29, 1.82) is 0 Å². The first-order valence-corrected chi connectivity index (χ1v) is 29.1. The molecule has 25 nitrogen and oxygen atoms in total. The van der Waals surface area contributed by atoms with Gasteiger partial charge in [-0.3, -0.25) is 23.7 Å². The maximum atomic E-state index is 12.5. The van der Waals surface area contributed by atoms with Gasteiger partial charge in [-0.05, 0) is 113 Å². The molecule has 3 amide bonds. The Labute approximate surface area is 525 Å². The van der Waals surface area contributed by atoms with Gasteiger partial charge in [0.15, 0.2) is 17.1 Å². The highest BCUT2D eigenvalue weighted by Crippen LogP contribution is 2.37. The lowest BCUT2D eigenvalue weighted by atomic mass is 9.79. The smallest absolute Gasteiger partial charge is 0.437 e. The topological polar surface area (TPSA) is 327 Å². The standard InChI is InChI=1S/C20H24B2ClN6O4.C19H22ClN5O2.C17H19B2ClN3O5/c1-3-28(22(2)32)7-4-8-29-11-15(10-24-29)14-5-6-16(23)17(9-14)25-19(31)18-12-33-20(26-18)27-21-13-30;1-2-3-4-5-8-25-11-14(10-22-25)13-6-7-15(20)16(9-13)23-18(26)17-12-27-19(21)24-17;1-16(2)17(3,4)28-19(27-16)10-5-6-11(20)12(7-10)21-14(25)13-8-26-15(22-13)23-18-9-24/h5-6,9-13,32H,3-4,7-8H2,1-2H3,(H,25,31)(H,26,27);6-7,9-12H,2-5,8H2,1H3,(H2,21,24)(H,23,26);5-9H,1-4H3,(H,21,25)(H,22,23). The number of carbonyl (C=O) groups excluding carboxylic acids is 5. The van der Waals surface area contributed by atoms with Gasteiger partial charge in [-0.2, -0.15) is 25.1 Å². The quantitative estimate of drug-likeness (QED) is 0.0151. The second kappa shape index (κ2) is 31.7. The summed E-state index contributed by atoms with van der Waals surface area (Å²) in [5.74, 6) is -1.47. The molecule has 0 saturated carbocycles. The van der Waals surface area contributed by atoms with Crippen LogP contribution in [0.15, 0.2) is 111 Å². The van der Waals surface area contributed by atoms with Crippen LogP contribution in [0.4, 0.5) is 35.1 Å². The largest absolute Gasteiger partial charge is 0.494 e. The summed E-state index contributed by atoms with van der Waals surface area (Å²) in [5, 5.41) is 32.8. The van der Waals surface area contributed by atoms with Crippen molar-refractivity contribution < 1.29 is 51.6 Å². The summed E-state index contributed by atoms with van der Waals surface area (Å²) in [6.07, 6.45) is 17.7. The number of hydrogen-bond donors (Lipinski definition) is 7. The molecule has 88 heavy (non-hydrogen) atoms. The number of aryl methyl sites for hydroxylation is 2. The number of rotatable bonds is 26. The van der Waals surface area contributed by atoms with E-state index in [1.807, 2.05) is 85.6 Å². The van der Waals surface area contributed by atoms with E-state index in [1.165, 1.54) is 38.1 Å². The van der Waals surface area contributed by atoms with Gasteiger partial charge in [0.05, 0.1) is 55.7 Å². The minimum Gasteiger partial charge on any atom is -0.437 e. The number of unbranched alkanes of at least 4 members (excludes halogenated alkanes) is 3. The first kappa shape index (κ1) is 67.3. The molecule has 9 rings (SSSR count). The van der Waals surface area contributed by atoms with E-state index in [1.54, 1.807) is 49.4 Å². The SMILES string of the molecule is CC1(C)OB(c2ccc(Cl)c(NC(=O)c3coc(N[B]C=O)n3)c2)OC1(C)C.CCCCCCn1cc(-c2ccc(Cl)c(NC(=O)c3coc(N)n3)c2)cn1.CCN(CCCn1cc(-c2ccc(Cl)c(NC(=O)c3coc(N[B]C=O)n3)c2)cn1)B(C)O. The number of nitrogens with one attached hydrogen (secondary N) is 5. The Hall–Kier alpha value is -8.17. The Kier molecular flexibility index (Phi) is 24.2. The van der Waals surface area contributed by atoms with E-state index in [4.69, 9.17) is 63.1 Å². The number of anilines is 6. The average Bonchev–Trinajstić information content (AvgIpc) is 1.90. The van der Waals surface area contributed by atoms with Crippen LogP contribution in [0.2, 0.25) is 21.9 Å². The van der Waals surface area contributed by atoms with Gasteiger partial charge in [-0.1, -0.05) is 86.1 Å². The van der Waals surface area contributed by atoms with E-state index >= 15 is 0 Å². The van der Waals surface area contributed by atoms with E-state index in [0.29, 0.717) is 51.0 Å². The number of benzene rings is 3. The summed E-state index contributed by atoms with van der Waals surface area (Å²) < 4.78 is 30.8. The Balaban J connectivity index is 0.000000189. The number of oxazole rings is 3. The van der Waals surface area contributed by atoms with Crippen molar-refractivity contribution in [3.8, 4) is 22.3 Å². The van der Waals surface area contributed by atoms with Crippen LogP contribution < -0.4 is 37.6 Å². The molecule has 0 spiro atoms. The highest BCUT2D eigenvalue weighted by molar-refractivity contribution is 6.69. The summed E-state index contributed by atoms with van der Waals surface area (Å²) in [6.45, 7) is 17.0. The first-order chi connectivity index (χ1) is 42.1. The highest BCUT2D eigenvalue weighted by Gasteiger charge is 2.51. The molecule has 5 aromatic heterocycles. The van der Waals surface area contributed by atoms with E-state index in [0.717, 1.165) is 75.0 Å². The number of nitrogens with two attached hydrogens (primary N) is 1.